The fraction of sp³-hybridized carbons (Fsp3) is 0.533. The van der Waals surface area contributed by atoms with Crippen molar-refractivity contribution in [2.45, 2.75) is 73.8 Å². The zero-order chi connectivity index (χ0) is 31.8. The summed E-state index contributed by atoms with van der Waals surface area (Å²) in [6.07, 6.45) is -8.98. The molecule has 45 heavy (non-hydrogen) atoms. The second kappa shape index (κ2) is 10.9. The van der Waals surface area contributed by atoms with Gasteiger partial charge in [-0.25, -0.2) is 13.8 Å². The van der Waals surface area contributed by atoms with Crippen LogP contribution in [0.25, 0.3) is 0 Å². The lowest BCUT2D eigenvalue weighted by Gasteiger charge is -2.68. The smallest absolute Gasteiger partial charge is 0.338 e. The van der Waals surface area contributed by atoms with Crippen molar-refractivity contribution < 1.29 is 66.3 Å². The van der Waals surface area contributed by atoms with Gasteiger partial charge >= 0.3 is 23.3 Å². The van der Waals surface area contributed by atoms with Crippen molar-refractivity contribution in [2.24, 2.45) is 11.3 Å². The van der Waals surface area contributed by atoms with Crippen LogP contribution in [0, 0.1) is 11.3 Å². The number of hydrogen-bond donors (Lipinski definition) is 4. The lowest BCUT2D eigenvalue weighted by Crippen LogP contribution is -2.81. The number of ether oxygens (including phenoxy) is 6. The number of carbonyl (C=O) groups excluding carboxylic acids is 2. The molecule has 12 atom stereocenters. The Morgan fingerprint density at radius 2 is 1.53 bits per heavy atom. The van der Waals surface area contributed by atoms with Gasteiger partial charge in [0.2, 0.25) is 0 Å². The van der Waals surface area contributed by atoms with Crippen LogP contribution in [0.3, 0.4) is 0 Å². The predicted octanol–water partition coefficient (Wildman–Crippen LogP) is 0.668. The van der Waals surface area contributed by atoms with Gasteiger partial charge in [0, 0.05) is 12.3 Å². The van der Waals surface area contributed by atoms with E-state index in [1.807, 2.05) is 0 Å². The Hall–Kier alpha value is -2.83. The molecule has 6 bridgehead atoms. The van der Waals surface area contributed by atoms with E-state index in [1.54, 1.807) is 67.6 Å². The van der Waals surface area contributed by atoms with E-state index in [2.05, 4.69) is 0 Å². The van der Waals surface area contributed by atoms with Crippen LogP contribution in [0.15, 0.2) is 60.7 Å². The van der Waals surface area contributed by atoms with Crippen LogP contribution in [0.5, 0.6) is 0 Å². The molecule has 242 valence electrons. The monoisotopic (exact) mass is 648 g/mol. The number of carbonyl (C=O) groups is 2. The van der Waals surface area contributed by atoms with Gasteiger partial charge in [0.05, 0.1) is 16.5 Å². The highest BCUT2D eigenvalue weighted by Crippen LogP contribution is 2.82. The molecule has 14 nitrogen and oxygen atoms in total. The zero-order valence-electron chi connectivity index (χ0n) is 23.9. The van der Waals surface area contributed by atoms with Crippen molar-refractivity contribution >= 4 is 23.3 Å². The molecule has 0 amide bonds. The second-order valence-corrected chi connectivity index (χ2v) is 12.9. The van der Waals surface area contributed by atoms with Crippen LogP contribution in [0.2, 0.25) is 0 Å². The molecular weight excluding hydrogens is 616 g/mol. The fourth-order valence-corrected chi connectivity index (χ4v) is 8.33. The maximum Gasteiger partial charge on any atom is 0.338 e. The summed E-state index contributed by atoms with van der Waals surface area (Å²) in [6.45, 7) is 0.921. The predicted molar refractivity (Wildman–Crippen MR) is 148 cm³/mol. The fourth-order valence-electron chi connectivity index (χ4n) is 7.87. The summed E-state index contributed by atoms with van der Waals surface area (Å²) < 4.78 is 62.9. The largest absolute Gasteiger partial charge is 0.461 e. The number of esters is 2. The first-order chi connectivity index (χ1) is 21.5. The Kier molecular flexibility index (Phi) is 7.44. The summed E-state index contributed by atoms with van der Waals surface area (Å²) >= 11 is -2.70. The Balaban J connectivity index is 1.16. The van der Waals surface area contributed by atoms with Crippen LogP contribution in [-0.4, -0.2) is 103 Å². The highest BCUT2D eigenvalue weighted by atomic mass is 32.2. The molecule has 9 rings (SSSR count). The summed E-state index contributed by atoms with van der Waals surface area (Å²) in [5.74, 6) is -3.50. The van der Waals surface area contributed by atoms with Crippen LogP contribution in [0.4, 0.5) is 0 Å². The Labute approximate surface area is 259 Å². The van der Waals surface area contributed by atoms with E-state index < -0.39 is 95.2 Å². The molecule has 7 aliphatic rings. The van der Waals surface area contributed by atoms with E-state index in [4.69, 9.17) is 32.6 Å². The molecule has 1 unspecified atom stereocenters. The average Bonchev–Trinajstić information content (AvgIpc) is 3.22. The molecule has 3 aliphatic carbocycles. The first-order valence-electron chi connectivity index (χ1n) is 14.4. The van der Waals surface area contributed by atoms with E-state index in [9.17, 15) is 33.7 Å². The van der Waals surface area contributed by atoms with Gasteiger partial charge in [0.15, 0.2) is 18.4 Å². The van der Waals surface area contributed by atoms with Gasteiger partial charge in [-0.1, -0.05) is 36.4 Å². The second-order valence-electron chi connectivity index (χ2n) is 12.3. The number of benzene rings is 2. The first kappa shape index (κ1) is 30.8. The lowest BCUT2D eigenvalue weighted by atomic mass is 9.41. The molecular formula is C30H32O14S. The van der Waals surface area contributed by atoms with Crippen molar-refractivity contribution in [3.05, 3.63) is 71.8 Å². The molecule has 4 saturated heterocycles. The molecule has 0 spiro atoms. The van der Waals surface area contributed by atoms with Crippen molar-refractivity contribution in [2.75, 3.05) is 13.2 Å². The lowest BCUT2D eigenvalue weighted by molar-refractivity contribution is -0.419. The highest BCUT2D eigenvalue weighted by molar-refractivity contribution is 7.74. The third kappa shape index (κ3) is 4.45. The van der Waals surface area contributed by atoms with E-state index in [-0.39, 0.29) is 25.0 Å². The Morgan fingerprint density at radius 1 is 0.911 bits per heavy atom. The van der Waals surface area contributed by atoms with Crippen molar-refractivity contribution in [3.63, 3.8) is 0 Å². The maximum atomic E-state index is 13.0. The SMILES string of the molecule is C[C@@]12C[C@@]3(OS(=O)O)O[C@@H](O1)[C@]1(COC(=O)c4ccccc4)[C@H]3C[C@@]12O[C@@H]1O[C@H](COC(=O)c2ccccc2)[C@@H](O)[C@H](O)[C@H]1O. The minimum atomic E-state index is -2.70. The van der Waals surface area contributed by atoms with Gasteiger partial charge in [0.1, 0.15) is 48.8 Å². The van der Waals surface area contributed by atoms with E-state index in [1.165, 1.54) is 0 Å². The van der Waals surface area contributed by atoms with Gasteiger partial charge in [-0.3, -0.25) is 4.55 Å². The van der Waals surface area contributed by atoms with Gasteiger partial charge in [-0.2, -0.15) is 4.21 Å². The van der Waals surface area contributed by atoms with Crippen LogP contribution >= 0.6 is 0 Å². The summed E-state index contributed by atoms with van der Waals surface area (Å²) in [6, 6.07) is 16.4. The third-order valence-electron chi connectivity index (χ3n) is 9.97. The molecule has 2 aromatic rings. The van der Waals surface area contributed by atoms with Crippen LogP contribution < -0.4 is 0 Å². The van der Waals surface area contributed by atoms with E-state index >= 15 is 0 Å². The van der Waals surface area contributed by atoms with Gasteiger partial charge < -0.3 is 43.7 Å². The standard InChI is InChI=1S/C30H32O14S/c1-27-14-29(44-45(36)37)19-12-30(27,28(19,26(42-27)43-29)15-39-24(35)17-10-6-3-7-11-17)41-25-22(33)21(32)20(31)18(40-25)13-38-23(34)16-8-4-2-5-9-16/h2-11,18-22,25-26,31-33H,12-15H2,1H3,(H,36,37)/t18-,19-,20-,21+,22-,25+,26-,27+,28+,29+,30+/m1/s1. The summed E-state index contributed by atoms with van der Waals surface area (Å²) in [4.78, 5) is 25.5. The minimum absolute atomic E-state index is 0.0477. The molecule has 2 aromatic carbocycles. The molecule has 0 aromatic heterocycles. The molecule has 3 saturated carbocycles. The number of aliphatic hydroxyl groups excluding tert-OH is 3. The first-order valence-corrected chi connectivity index (χ1v) is 15.5. The topological polar surface area (TPSA) is 197 Å². The van der Waals surface area contributed by atoms with Gasteiger partial charge in [-0.05, 0) is 37.6 Å². The summed E-state index contributed by atoms with van der Waals surface area (Å²) in [5.41, 5.74) is -3.34. The minimum Gasteiger partial charge on any atom is -0.461 e. The number of hydrogen-bond acceptors (Lipinski definition) is 13. The Bertz CT molecular complexity index is 1490. The Morgan fingerprint density at radius 3 is 2.16 bits per heavy atom. The van der Waals surface area contributed by atoms with E-state index in [0.29, 0.717) is 5.56 Å². The summed E-state index contributed by atoms with van der Waals surface area (Å²) in [7, 11) is 0. The zero-order valence-corrected chi connectivity index (χ0v) is 24.7. The molecule has 4 heterocycles. The molecule has 4 N–H and O–H groups in total. The van der Waals surface area contributed by atoms with Gasteiger partial charge in [0.25, 0.3) is 0 Å². The van der Waals surface area contributed by atoms with E-state index in [0.717, 1.165) is 0 Å². The molecule has 7 fully saturated rings. The number of rotatable bonds is 10. The highest BCUT2D eigenvalue weighted by Gasteiger charge is 2.95. The maximum absolute atomic E-state index is 13.0. The molecule has 15 heteroatoms. The van der Waals surface area contributed by atoms with Crippen molar-refractivity contribution in [1.82, 2.24) is 0 Å². The van der Waals surface area contributed by atoms with Crippen molar-refractivity contribution in [1.29, 1.82) is 0 Å². The normalized spacial score (nSPS) is 43.0. The quantitative estimate of drug-likeness (QED) is 0.207. The van der Waals surface area contributed by atoms with Crippen LogP contribution in [0.1, 0.15) is 40.5 Å². The van der Waals surface area contributed by atoms with Gasteiger partial charge in [-0.15, -0.1) is 0 Å². The number of aliphatic hydroxyl groups is 3. The molecule has 0 radical (unpaired) electrons. The third-order valence-corrected chi connectivity index (χ3v) is 10.4. The van der Waals surface area contributed by atoms with Crippen LogP contribution in [-0.2, 0) is 44.0 Å². The average molecular weight is 649 g/mol. The summed E-state index contributed by atoms with van der Waals surface area (Å²) in [5, 5.41) is 32.4. The molecule has 4 aliphatic heterocycles. The van der Waals surface area contributed by atoms with Crippen molar-refractivity contribution in [3.8, 4) is 0 Å².